The highest BCUT2D eigenvalue weighted by Gasteiger charge is 2.29. The van der Waals surface area contributed by atoms with Crippen molar-refractivity contribution in [2.75, 3.05) is 26.7 Å². The van der Waals surface area contributed by atoms with Crippen molar-refractivity contribution in [3.05, 3.63) is 101 Å². The largest absolute Gasteiger partial charge is 0.491 e. The summed E-state index contributed by atoms with van der Waals surface area (Å²) in [6.45, 7) is 0.959. The molecular formula is C28H28F2N2O3. The van der Waals surface area contributed by atoms with Gasteiger partial charge in [-0.25, -0.2) is 8.78 Å². The van der Waals surface area contributed by atoms with Crippen LogP contribution in [0.4, 0.5) is 8.78 Å². The van der Waals surface area contributed by atoms with Crippen molar-refractivity contribution in [2.24, 2.45) is 0 Å². The van der Waals surface area contributed by atoms with Gasteiger partial charge in [-0.2, -0.15) is 0 Å². The smallest absolute Gasteiger partial charge is 0.257 e. The van der Waals surface area contributed by atoms with Crippen molar-refractivity contribution in [3.8, 4) is 5.75 Å². The first-order valence-corrected chi connectivity index (χ1v) is 11.7. The summed E-state index contributed by atoms with van der Waals surface area (Å²) in [5.74, 6) is -1.83. The molecule has 3 aromatic rings. The number of halogens is 2. The van der Waals surface area contributed by atoms with Crippen molar-refractivity contribution < 1.29 is 23.1 Å². The van der Waals surface area contributed by atoms with E-state index in [1.165, 1.54) is 6.07 Å². The van der Waals surface area contributed by atoms with Crippen LogP contribution in [0.5, 0.6) is 5.75 Å². The van der Waals surface area contributed by atoms with Crippen molar-refractivity contribution in [1.29, 1.82) is 0 Å². The standard InChI is InChI=1S/C28H28F2N2O3/c1-31-15-7-8-16-32(28(34)23-14-13-21(29)18-25(23)30)22(17-20-9-3-2-4-10-20)19-35-26-12-6-5-11-24(26)27(31)33/h2-6,9-14,18,22H,7-8,15-17,19H2,1H3/t22-/m0/s1. The molecule has 0 spiro atoms. The first-order valence-electron chi connectivity index (χ1n) is 11.7. The van der Waals surface area contributed by atoms with Gasteiger partial charge in [-0.1, -0.05) is 42.5 Å². The summed E-state index contributed by atoms with van der Waals surface area (Å²) >= 11 is 0. The third kappa shape index (κ3) is 5.85. The molecule has 35 heavy (non-hydrogen) atoms. The molecule has 182 valence electrons. The Hall–Kier alpha value is -3.74. The van der Waals surface area contributed by atoms with Crippen LogP contribution in [0.25, 0.3) is 0 Å². The molecule has 0 unspecified atom stereocenters. The van der Waals surface area contributed by atoms with E-state index in [9.17, 15) is 18.4 Å². The van der Waals surface area contributed by atoms with Crippen molar-refractivity contribution in [3.63, 3.8) is 0 Å². The Morgan fingerprint density at radius 1 is 0.971 bits per heavy atom. The van der Waals surface area contributed by atoms with Crippen LogP contribution in [0, 0.1) is 11.6 Å². The molecule has 0 bridgehead atoms. The zero-order valence-electron chi connectivity index (χ0n) is 19.6. The lowest BCUT2D eigenvalue weighted by Gasteiger charge is -2.33. The molecule has 7 heteroatoms. The highest BCUT2D eigenvalue weighted by atomic mass is 19.1. The van der Waals surface area contributed by atoms with Gasteiger partial charge in [-0.15, -0.1) is 0 Å². The fourth-order valence-electron chi connectivity index (χ4n) is 4.31. The van der Waals surface area contributed by atoms with Gasteiger partial charge in [0, 0.05) is 26.2 Å². The van der Waals surface area contributed by atoms with Crippen LogP contribution in [-0.2, 0) is 6.42 Å². The Bertz CT molecular complexity index is 1190. The van der Waals surface area contributed by atoms with Crippen LogP contribution in [0.15, 0.2) is 72.8 Å². The minimum Gasteiger partial charge on any atom is -0.491 e. The molecule has 0 saturated carbocycles. The van der Waals surface area contributed by atoms with E-state index in [1.54, 1.807) is 41.1 Å². The maximum absolute atomic E-state index is 14.6. The summed E-state index contributed by atoms with van der Waals surface area (Å²) in [6, 6.07) is 19.3. The molecule has 1 aliphatic rings. The Labute approximate surface area is 203 Å². The van der Waals surface area contributed by atoms with Crippen LogP contribution in [0.2, 0.25) is 0 Å². The van der Waals surface area contributed by atoms with Crippen LogP contribution in [0.3, 0.4) is 0 Å². The number of benzene rings is 3. The average Bonchev–Trinajstić information content (AvgIpc) is 2.86. The van der Waals surface area contributed by atoms with Crippen molar-refractivity contribution >= 4 is 11.8 Å². The number of carbonyl (C=O) groups is 2. The van der Waals surface area contributed by atoms with Gasteiger partial charge >= 0.3 is 0 Å². The second-order valence-corrected chi connectivity index (χ2v) is 8.71. The third-order valence-electron chi connectivity index (χ3n) is 6.22. The molecule has 2 amide bonds. The van der Waals surface area contributed by atoms with Gasteiger partial charge in [0.15, 0.2) is 0 Å². The fraction of sp³-hybridized carbons (Fsp3) is 0.286. The Kier molecular flexibility index (Phi) is 7.75. The number of carbonyl (C=O) groups excluding carboxylic acids is 2. The van der Waals surface area contributed by atoms with E-state index in [0.717, 1.165) is 17.7 Å². The third-order valence-corrected chi connectivity index (χ3v) is 6.22. The molecule has 0 saturated heterocycles. The minimum absolute atomic E-state index is 0.109. The molecule has 1 heterocycles. The van der Waals surface area contributed by atoms with Gasteiger partial charge in [-0.05, 0) is 49.1 Å². The average molecular weight is 479 g/mol. The zero-order chi connectivity index (χ0) is 24.8. The predicted octanol–water partition coefficient (Wildman–Crippen LogP) is 4.96. The van der Waals surface area contributed by atoms with Crippen molar-refractivity contribution in [2.45, 2.75) is 25.3 Å². The summed E-state index contributed by atoms with van der Waals surface area (Å²) in [5.41, 5.74) is 1.27. The van der Waals surface area contributed by atoms with Crippen LogP contribution in [-0.4, -0.2) is 54.4 Å². The first kappa shape index (κ1) is 24.4. The summed E-state index contributed by atoms with van der Waals surface area (Å²) in [6.07, 6.45) is 1.75. The number of amides is 2. The van der Waals surface area contributed by atoms with E-state index >= 15 is 0 Å². The molecule has 0 N–H and O–H groups in total. The maximum atomic E-state index is 14.6. The van der Waals surface area contributed by atoms with E-state index < -0.39 is 23.6 Å². The summed E-state index contributed by atoms with van der Waals surface area (Å²) in [7, 11) is 1.74. The summed E-state index contributed by atoms with van der Waals surface area (Å²) in [4.78, 5) is 29.8. The number of rotatable bonds is 3. The molecular weight excluding hydrogens is 450 g/mol. The second kappa shape index (κ2) is 11.1. The number of ether oxygens (including phenoxy) is 1. The molecule has 0 radical (unpaired) electrons. The van der Waals surface area contributed by atoms with Gasteiger partial charge in [0.2, 0.25) is 0 Å². The fourth-order valence-corrected chi connectivity index (χ4v) is 4.31. The van der Waals surface area contributed by atoms with E-state index in [4.69, 9.17) is 4.74 Å². The Balaban J connectivity index is 1.71. The van der Waals surface area contributed by atoms with E-state index in [1.807, 2.05) is 30.3 Å². The van der Waals surface area contributed by atoms with Crippen LogP contribution in [0.1, 0.15) is 39.1 Å². The highest BCUT2D eigenvalue weighted by Crippen LogP contribution is 2.23. The molecule has 0 aromatic heterocycles. The molecule has 5 nitrogen and oxygen atoms in total. The maximum Gasteiger partial charge on any atom is 0.257 e. The van der Waals surface area contributed by atoms with Gasteiger partial charge in [0.05, 0.1) is 17.2 Å². The zero-order valence-corrected chi connectivity index (χ0v) is 19.6. The van der Waals surface area contributed by atoms with E-state index in [-0.39, 0.29) is 18.1 Å². The first-order chi connectivity index (χ1) is 16.9. The number of hydrogen-bond acceptors (Lipinski definition) is 3. The lowest BCUT2D eigenvalue weighted by atomic mass is 10.0. The molecule has 4 rings (SSSR count). The Morgan fingerprint density at radius 2 is 1.69 bits per heavy atom. The number of nitrogens with zero attached hydrogens (tertiary/aromatic N) is 2. The van der Waals surface area contributed by atoms with E-state index in [0.29, 0.717) is 43.7 Å². The number of para-hydroxylation sites is 1. The summed E-state index contributed by atoms with van der Waals surface area (Å²) < 4.78 is 34.2. The SMILES string of the molecule is CN1CCCCN(C(=O)c2ccc(F)cc2F)[C@@H](Cc2ccccc2)COc2ccccc2C1=O. The molecule has 0 fully saturated rings. The van der Waals surface area contributed by atoms with Gasteiger partial charge in [0.1, 0.15) is 24.0 Å². The Morgan fingerprint density at radius 3 is 2.46 bits per heavy atom. The number of fused-ring (bicyclic) bond motifs is 1. The van der Waals surface area contributed by atoms with Gasteiger partial charge < -0.3 is 14.5 Å². The summed E-state index contributed by atoms with van der Waals surface area (Å²) in [5, 5.41) is 0. The van der Waals surface area contributed by atoms with Crippen molar-refractivity contribution in [1.82, 2.24) is 9.80 Å². The van der Waals surface area contributed by atoms with Crippen LogP contribution < -0.4 is 4.74 Å². The normalized spacial score (nSPS) is 17.1. The topological polar surface area (TPSA) is 49.9 Å². The van der Waals surface area contributed by atoms with Crippen LogP contribution >= 0.6 is 0 Å². The van der Waals surface area contributed by atoms with Gasteiger partial charge in [-0.3, -0.25) is 9.59 Å². The predicted molar refractivity (Wildman–Crippen MR) is 129 cm³/mol. The van der Waals surface area contributed by atoms with E-state index in [2.05, 4.69) is 0 Å². The molecule has 0 aliphatic carbocycles. The quantitative estimate of drug-likeness (QED) is 0.535. The lowest BCUT2D eigenvalue weighted by molar-refractivity contribution is 0.0586. The highest BCUT2D eigenvalue weighted by molar-refractivity contribution is 5.97. The lowest BCUT2D eigenvalue weighted by Crippen LogP contribution is -2.46. The van der Waals surface area contributed by atoms with Gasteiger partial charge in [0.25, 0.3) is 11.8 Å². The second-order valence-electron chi connectivity index (χ2n) is 8.71. The molecule has 1 aliphatic heterocycles. The minimum atomic E-state index is -0.892. The monoisotopic (exact) mass is 478 g/mol. The molecule has 3 aromatic carbocycles. The molecule has 1 atom stereocenters. The number of hydrogen-bond donors (Lipinski definition) is 0.